The van der Waals surface area contributed by atoms with Gasteiger partial charge in [0.25, 0.3) is 0 Å². The molecule has 0 saturated heterocycles. The van der Waals surface area contributed by atoms with Gasteiger partial charge in [0.2, 0.25) is 0 Å². The number of anilines is 1. The Balaban J connectivity index is 2.15. The molecule has 0 atom stereocenters. The van der Waals surface area contributed by atoms with Gasteiger partial charge in [-0.25, -0.2) is 8.42 Å². The smallest absolute Gasteiger partial charge is 0.175 e. The average Bonchev–Trinajstić information content (AvgIpc) is 2.40. The van der Waals surface area contributed by atoms with Gasteiger partial charge in [0, 0.05) is 18.0 Å². The van der Waals surface area contributed by atoms with Crippen LogP contribution in [0.4, 0.5) is 5.69 Å². The van der Waals surface area contributed by atoms with E-state index >= 15 is 0 Å². The zero-order valence-corrected chi connectivity index (χ0v) is 13.1. The van der Waals surface area contributed by atoms with E-state index in [2.05, 4.69) is 19.2 Å². The zero-order chi connectivity index (χ0) is 15.5. The topological polar surface area (TPSA) is 55.4 Å². The van der Waals surface area contributed by atoms with Crippen LogP contribution in [0.1, 0.15) is 13.8 Å². The molecule has 0 bridgehead atoms. The van der Waals surface area contributed by atoms with Gasteiger partial charge in [-0.1, -0.05) is 6.07 Å². The Bertz CT molecular complexity index is 707. The van der Waals surface area contributed by atoms with Crippen molar-refractivity contribution < 1.29 is 13.2 Å². The standard InChI is InChI=1S/C16H19NO3S/c1-12(2)17-13-7-9-14(10-8-13)20-15-5-4-6-16(11-15)21(3,18)19/h4-12,17H,1-3H3. The van der Waals surface area contributed by atoms with Gasteiger partial charge in [-0.2, -0.15) is 0 Å². The van der Waals surface area contributed by atoms with Crippen LogP contribution in [0.5, 0.6) is 11.5 Å². The summed E-state index contributed by atoms with van der Waals surface area (Å²) in [6.45, 7) is 4.14. The van der Waals surface area contributed by atoms with Crippen molar-refractivity contribution in [3.8, 4) is 11.5 Å². The average molecular weight is 305 g/mol. The first-order chi connectivity index (χ1) is 9.84. The van der Waals surface area contributed by atoms with Gasteiger partial charge < -0.3 is 10.1 Å². The molecule has 4 nitrogen and oxygen atoms in total. The van der Waals surface area contributed by atoms with Crippen LogP contribution in [0.15, 0.2) is 53.4 Å². The molecule has 2 aromatic carbocycles. The Hall–Kier alpha value is -2.01. The molecule has 5 heteroatoms. The second-order valence-electron chi connectivity index (χ2n) is 5.17. The van der Waals surface area contributed by atoms with E-state index in [9.17, 15) is 8.42 Å². The molecule has 0 saturated carbocycles. The third-order valence-corrected chi connectivity index (χ3v) is 3.89. The van der Waals surface area contributed by atoms with Crippen LogP contribution < -0.4 is 10.1 Å². The van der Waals surface area contributed by atoms with Crippen molar-refractivity contribution in [1.29, 1.82) is 0 Å². The fourth-order valence-corrected chi connectivity index (χ4v) is 2.51. The Morgan fingerprint density at radius 3 is 2.24 bits per heavy atom. The molecule has 0 fully saturated rings. The molecule has 2 rings (SSSR count). The molecule has 0 amide bonds. The number of rotatable bonds is 5. The second kappa shape index (κ2) is 6.18. The summed E-state index contributed by atoms with van der Waals surface area (Å²) < 4.78 is 28.7. The van der Waals surface area contributed by atoms with E-state index in [1.807, 2.05) is 24.3 Å². The summed E-state index contributed by atoms with van der Waals surface area (Å²) in [5, 5.41) is 3.29. The van der Waals surface area contributed by atoms with E-state index in [0.29, 0.717) is 17.5 Å². The minimum Gasteiger partial charge on any atom is -0.457 e. The summed E-state index contributed by atoms with van der Waals surface area (Å²) in [6.07, 6.45) is 1.18. The highest BCUT2D eigenvalue weighted by atomic mass is 32.2. The zero-order valence-electron chi connectivity index (χ0n) is 12.3. The number of hydrogen-bond acceptors (Lipinski definition) is 4. The Morgan fingerprint density at radius 1 is 1.00 bits per heavy atom. The van der Waals surface area contributed by atoms with E-state index < -0.39 is 9.84 Å². The number of ether oxygens (including phenoxy) is 1. The first-order valence-corrected chi connectivity index (χ1v) is 8.58. The van der Waals surface area contributed by atoms with Gasteiger partial charge in [0.05, 0.1) is 4.90 Å². The first-order valence-electron chi connectivity index (χ1n) is 6.69. The molecule has 0 heterocycles. The van der Waals surface area contributed by atoms with E-state index in [4.69, 9.17) is 4.74 Å². The SMILES string of the molecule is CC(C)Nc1ccc(Oc2cccc(S(C)(=O)=O)c2)cc1. The highest BCUT2D eigenvalue weighted by Gasteiger charge is 2.08. The Kier molecular flexibility index (Phi) is 4.53. The summed E-state index contributed by atoms with van der Waals surface area (Å²) in [5.74, 6) is 1.16. The lowest BCUT2D eigenvalue weighted by molar-refractivity contribution is 0.481. The van der Waals surface area contributed by atoms with Crippen LogP contribution in [0.25, 0.3) is 0 Å². The summed E-state index contributed by atoms with van der Waals surface area (Å²) in [5.41, 5.74) is 1.02. The van der Waals surface area contributed by atoms with Crippen molar-refractivity contribution >= 4 is 15.5 Å². The van der Waals surface area contributed by atoms with Crippen molar-refractivity contribution in [1.82, 2.24) is 0 Å². The molecule has 21 heavy (non-hydrogen) atoms. The van der Waals surface area contributed by atoms with E-state index in [1.54, 1.807) is 18.2 Å². The molecule has 0 aliphatic rings. The molecule has 0 aliphatic heterocycles. The van der Waals surface area contributed by atoms with E-state index in [-0.39, 0.29) is 4.90 Å². The minimum absolute atomic E-state index is 0.248. The van der Waals surface area contributed by atoms with Crippen LogP contribution in [-0.2, 0) is 9.84 Å². The van der Waals surface area contributed by atoms with E-state index in [1.165, 1.54) is 12.3 Å². The van der Waals surface area contributed by atoms with Gasteiger partial charge in [-0.05, 0) is 56.3 Å². The molecule has 0 aliphatic carbocycles. The van der Waals surface area contributed by atoms with Crippen LogP contribution in [0.2, 0.25) is 0 Å². The molecule has 112 valence electrons. The molecule has 0 aromatic heterocycles. The van der Waals surface area contributed by atoms with Crippen molar-refractivity contribution in [2.24, 2.45) is 0 Å². The second-order valence-corrected chi connectivity index (χ2v) is 7.19. The van der Waals surface area contributed by atoms with Gasteiger partial charge in [0.15, 0.2) is 9.84 Å². The highest BCUT2D eigenvalue weighted by Crippen LogP contribution is 2.25. The van der Waals surface area contributed by atoms with Crippen LogP contribution in [0, 0.1) is 0 Å². The fraction of sp³-hybridized carbons (Fsp3) is 0.250. The summed E-state index contributed by atoms with van der Waals surface area (Å²) in [6, 6.07) is 14.4. The maximum atomic E-state index is 11.5. The molecule has 0 radical (unpaired) electrons. The van der Waals surface area contributed by atoms with Crippen LogP contribution in [0.3, 0.4) is 0 Å². The lowest BCUT2D eigenvalue weighted by Gasteiger charge is -2.11. The van der Waals surface area contributed by atoms with Crippen molar-refractivity contribution in [3.63, 3.8) is 0 Å². The number of hydrogen-bond donors (Lipinski definition) is 1. The lowest BCUT2D eigenvalue weighted by atomic mass is 10.2. The quantitative estimate of drug-likeness (QED) is 0.915. The van der Waals surface area contributed by atoms with Gasteiger partial charge in [-0.15, -0.1) is 0 Å². The summed E-state index contributed by atoms with van der Waals surface area (Å²) in [4.78, 5) is 0.248. The molecular formula is C16H19NO3S. The predicted molar refractivity (Wildman–Crippen MR) is 84.8 cm³/mol. The summed E-state index contributed by atoms with van der Waals surface area (Å²) in [7, 11) is -3.23. The molecule has 1 N–H and O–H groups in total. The van der Waals surface area contributed by atoms with Crippen LogP contribution in [-0.4, -0.2) is 20.7 Å². The third kappa shape index (κ3) is 4.49. The normalized spacial score (nSPS) is 11.4. The molecule has 2 aromatic rings. The number of nitrogens with one attached hydrogen (secondary N) is 1. The lowest BCUT2D eigenvalue weighted by Crippen LogP contribution is -2.09. The largest absolute Gasteiger partial charge is 0.457 e. The number of sulfone groups is 1. The highest BCUT2D eigenvalue weighted by molar-refractivity contribution is 7.90. The monoisotopic (exact) mass is 305 g/mol. The first kappa shape index (κ1) is 15.4. The number of benzene rings is 2. The van der Waals surface area contributed by atoms with Crippen molar-refractivity contribution in [3.05, 3.63) is 48.5 Å². The molecular weight excluding hydrogens is 286 g/mol. The predicted octanol–water partition coefficient (Wildman–Crippen LogP) is 3.70. The fourth-order valence-electron chi connectivity index (χ4n) is 1.86. The Morgan fingerprint density at radius 2 is 1.67 bits per heavy atom. The molecule has 0 unspecified atom stereocenters. The minimum atomic E-state index is -3.23. The third-order valence-electron chi connectivity index (χ3n) is 2.78. The maximum absolute atomic E-state index is 11.5. The van der Waals surface area contributed by atoms with Gasteiger partial charge >= 0.3 is 0 Å². The maximum Gasteiger partial charge on any atom is 0.175 e. The van der Waals surface area contributed by atoms with Crippen molar-refractivity contribution in [2.45, 2.75) is 24.8 Å². The Labute approximate surface area is 125 Å². The molecule has 0 spiro atoms. The van der Waals surface area contributed by atoms with Crippen LogP contribution >= 0.6 is 0 Å². The van der Waals surface area contributed by atoms with Crippen molar-refractivity contribution in [2.75, 3.05) is 11.6 Å². The summed E-state index contributed by atoms with van der Waals surface area (Å²) >= 11 is 0. The van der Waals surface area contributed by atoms with Gasteiger partial charge in [-0.3, -0.25) is 0 Å². The van der Waals surface area contributed by atoms with E-state index in [0.717, 1.165) is 5.69 Å². The van der Waals surface area contributed by atoms with Gasteiger partial charge in [0.1, 0.15) is 11.5 Å².